The largest absolute Gasteiger partial charge is 0.497 e. The lowest BCUT2D eigenvalue weighted by Gasteiger charge is -2.19. The van der Waals surface area contributed by atoms with Gasteiger partial charge in [-0.25, -0.2) is 0 Å². The fourth-order valence-corrected chi connectivity index (χ4v) is 2.68. The maximum absolute atomic E-state index is 13.1. The molecule has 0 aliphatic heterocycles. The highest BCUT2D eigenvalue weighted by Gasteiger charge is 2.17. The number of benzene rings is 2. The number of hydrogen-bond acceptors (Lipinski definition) is 3. The van der Waals surface area contributed by atoms with E-state index in [2.05, 4.69) is 0 Å². The number of likely N-dealkylation sites (N-methyl/N-ethyl adjacent to an activating group) is 1. The quantitative estimate of drug-likeness (QED) is 0.617. The third kappa shape index (κ3) is 4.22. The molecule has 132 valence electrons. The average Bonchev–Trinajstić information content (AvgIpc) is 3.20. The Morgan fingerprint density at radius 1 is 1.04 bits per heavy atom. The monoisotopic (exact) mass is 347 g/mol. The molecule has 0 saturated carbocycles. The van der Waals surface area contributed by atoms with Gasteiger partial charge in [0.2, 0.25) is 0 Å². The van der Waals surface area contributed by atoms with Crippen LogP contribution in [0.1, 0.15) is 16.9 Å². The molecule has 3 rings (SSSR count). The fraction of sp³-hybridized carbons (Fsp3) is 0.136. The van der Waals surface area contributed by atoms with Crippen LogP contribution in [0, 0.1) is 0 Å². The first-order valence-electron chi connectivity index (χ1n) is 8.36. The van der Waals surface area contributed by atoms with Crippen LogP contribution in [-0.2, 0) is 11.3 Å². The van der Waals surface area contributed by atoms with Crippen LogP contribution >= 0.6 is 0 Å². The summed E-state index contributed by atoms with van der Waals surface area (Å²) >= 11 is 0. The first-order chi connectivity index (χ1) is 12.7. The molecule has 4 nitrogen and oxygen atoms in total. The lowest BCUT2D eigenvalue weighted by atomic mass is 10.0. The van der Waals surface area contributed by atoms with Gasteiger partial charge in [0, 0.05) is 13.6 Å². The van der Waals surface area contributed by atoms with Crippen molar-refractivity contribution < 1.29 is 13.9 Å². The number of hydrogen-bond donors (Lipinski definition) is 0. The summed E-state index contributed by atoms with van der Waals surface area (Å²) in [5.41, 5.74) is 2.49. The highest BCUT2D eigenvalue weighted by atomic mass is 16.5. The van der Waals surface area contributed by atoms with Gasteiger partial charge >= 0.3 is 0 Å². The van der Waals surface area contributed by atoms with E-state index < -0.39 is 0 Å². The number of methoxy groups -OCH3 is 1. The van der Waals surface area contributed by atoms with E-state index in [9.17, 15) is 4.79 Å². The summed E-state index contributed by atoms with van der Waals surface area (Å²) in [4.78, 5) is 14.8. The van der Waals surface area contributed by atoms with Gasteiger partial charge in [-0.05, 0) is 41.5 Å². The summed E-state index contributed by atoms with van der Waals surface area (Å²) in [5.74, 6) is 1.38. The van der Waals surface area contributed by atoms with Crippen molar-refractivity contribution in [2.24, 2.45) is 0 Å². The van der Waals surface area contributed by atoms with Gasteiger partial charge in [0.05, 0.1) is 18.9 Å². The van der Waals surface area contributed by atoms with Crippen molar-refractivity contribution in [3.05, 3.63) is 89.9 Å². The number of carbonyl (C=O) groups excluding carboxylic acids is 1. The van der Waals surface area contributed by atoms with E-state index in [1.54, 1.807) is 37.5 Å². The molecule has 0 atom stereocenters. The van der Waals surface area contributed by atoms with Gasteiger partial charge < -0.3 is 14.1 Å². The number of carbonyl (C=O) groups is 1. The molecular formula is C22H21NO3. The molecule has 0 radical (unpaired) electrons. The number of amides is 1. The van der Waals surface area contributed by atoms with Gasteiger partial charge in [-0.1, -0.05) is 42.5 Å². The van der Waals surface area contributed by atoms with E-state index in [-0.39, 0.29) is 5.91 Å². The Kier molecular flexibility index (Phi) is 5.54. The first-order valence-corrected chi connectivity index (χ1v) is 8.36. The van der Waals surface area contributed by atoms with Crippen molar-refractivity contribution in [2.45, 2.75) is 6.54 Å². The third-order valence-corrected chi connectivity index (χ3v) is 4.07. The normalized spacial score (nSPS) is 11.2. The fourth-order valence-electron chi connectivity index (χ4n) is 2.68. The van der Waals surface area contributed by atoms with Crippen LogP contribution in [-0.4, -0.2) is 25.0 Å². The maximum atomic E-state index is 13.1. The summed E-state index contributed by atoms with van der Waals surface area (Å²) in [5, 5.41) is 0. The van der Waals surface area contributed by atoms with Crippen LogP contribution in [0.15, 0.2) is 77.4 Å². The molecule has 0 aliphatic rings. The van der Waals surface area contributed by atoms with Crippen LogP contribution in [0.4, 0.5) is 0 Å². The van der Waals surface area contributed by atoms with E-state index in [1.165, 1.54) is 0 Å². The summed E-state index contributed by atoms with van der Waals surface area (Å²) in [6.07, 6.45) is 3.38. The van der Waals surface area contributed by atoms with E-state index in [0.29, 0.717) is 17.9 Å². The van der Waals surface area contributed by atoms with Crippen molar-refractivity contribution in [1.29, 1.82) is 0 Å². The Balaban J connectivity index is 1.84. The highest BCUT2D eigenvalue weighted by molar-refractivity contribution is 6.23. The summed E-state index contributed by atoms with van der Waals surface area (Å²) in [7, 11) is 3.43. The van der Waals surface area contributed by atoms with Crippen LogP contribution in [0.3, 0.4) is 0 Å². The molecule has 1 heterocycles. The van der Waals surface area contributed by atoms with Crippen molar-refractivity contribution in [1.82, 2.24) is 4.90 Å². The minimum absolute atomic E-state index is 0.0663. The maximum Gasteiger partial charge on any atom is 0.254 e. The molecule has 0 saturated heterocycles. The van der Waals surface area contributed by atoms with E-state index in [0.717, 1.165) is 16.9 Å². The number of rotatable bonds is 6. The van der Waals surface area contributed by atoms with Crippen LogP contribution in [0.2, 0.25) is 0 Å². The zero-order valence-electron chi connectivity index (χ0n) is 14.9. The van der Waals surface area contributed by atoms with Crippen LogP contribution in [0.25, 0.3) is 11.6 Å². The topological polar surface area (TPSA) is 42.7 Å². The predicted octanol–water partition coefficient (Wildman–Crippen LogP) is 4.49. The smallest absolute Gasteiger partial charge is 0.254 e. The molecular weight excluding hydrogens is 326 g/mol. The molecule has 0 unspecified atom stereocenters. The summed E-state index contributed by atoms with van der Waals surface area (Å²) in [6.45, 7) is 0.505. The molecule has 0 aliphatic carbocycles. The molecule has 0 spiro atoms. The molecule has 1 amide bonds. The predicted molar refractivity (Wildman–Crippen MR) is 102 cm³/mol. The third-order valence-electron chi connectivity index (χ3n) is 4.07. The zero-order valence-corrected chi connectivity index (χ0v) is 14.9. The Bertz CT molecular complexity index is 866. The molecule has 0 fully saturated rings. The standard InChI is InChI=1S/C22H21NO3/c1-23(16-17-10-12-19(25-2)13-11-17)22(24)21(15-20-9-6-14-26-20)18-7-4-3-5-8-18/h3-15H,16H2,1-2H3. The Morgan fingerprint density at radius 2 is 1.77 bits per heavy atom. The summed E-state index contributed by atoms with van der Waals surface area (Å²) < 4.78 is 10.6. The van der Waals surface area contributed by atoms with Gasteiger partial charge in [0.15, 0.2) is 0 Å². The number of furan rings is 1. The van der Waals surface area contributed by atoms with Gasteiger partial charge in [0.25, 0.3) is 5.91 Å². The Hall–Kier alpha value is -3.27. The molecule has 4 heteroatoms. The molecule has 3 aromatic rings. The number of ether oxygens (including phenoxy) is 1. The van der Waals surface area contributed by atoms with E-state index in [1.807, 2.05) is 60.7 Å². The van der Waals surface area contributed by atoms with Crippen molar-refractivity contribution >= 4 is 17.6 Å². The molecule has 0 N–H and O–H groups in total. The lowest BCUT2D eigenvalue weighted by Crippen LogP contribution is -2.27. The van der Waals surface area contributed by atoms with E-state index >= 15 is 0 Å². The van der Waals surface area contributed by atoms with Crippen LogP contribution in [0.5, 0.6) is 5.75 Å². The second kappa shape index (κ2) is 8.21. The minimum Gasteiger partial charge on any atom is -0.497 e. The second-order valence-electron chi connectivity index (χ2n) is 5.95. The SMILES string of the molecule is COc1ccc(CN(C)C(=O)C(=Cc2ccco2)c2ccccc2)cc1. The second-order valence-corrected chi connectivity index (χ2v) is 5.95. The molecule has 2 aromatic carbocycles. The average molecular weight is 347 g/mol. The van der Waals surface area contributed by atoms with Crippen molar-refractivity contribution in [3.63, 3.8) is 0 Å². The first kappa shape index (κ1) is 17.5. The van der Waals surface area contributed by atoms with Crippen molar-refractivity contribution in [3.8, 4) is 5.75 Å². The minimum atomic E-state index is -0.0663. The number of nitrogens with zero attached hydrogens (tertiary/aromatic N) is 1. The van der Waals surface area contributed by atoms with Gasteiger partial charge in [-0.3, -0.25) is 4.79 Å². The molecule has 0 bridgehead atoms. The molecule has 1 aromatic heterocycles. The van der Waals surface area contributed by atoms with Crippen molar-refractivity contribution in [2.75, 3.05) is 14.2 Å². The van der Waals surface area contributed by atoms with Gasteiger partial charge in [-0.15, -0.1) is 0 Å². The van der Waals surface area contributed by atoms with Gasteiger partial charge in [0.1, 0.15) is 11.5 Å². The van der Waals surface area contributed by atoms with E-state index in [4.69, 9.17) is 9.15 Å². The zero-order chi connectivity index (χ0) is 18.4. The summed E-state index contributed by atoms with van der Waals surface area (Å²) in [6, 6.07) is 21.0. The lowest BCUT2D eigenvalue weighted by molar-refractivity contribution is -0.124. The Morgan fingerprint density at radius 3 is 2.38 bits per heavy atom. The highest BCUT2D eigenvalue weighted by Crippen LogP contribution is 2.22. The molecule has 26 heavy (non-hydrogen) atoms. The van der Waals surface area contributed by atoms with Crippen LogP contribution < -0.4 is 4.74 Å². The van der Waals surface area contributed by atoms with Gasteiger partial charge in [-0.2, -0.15) is 0 Å². The Labute approximate surface area is 153 Å².